The summed E-state index contributed by atoms with van der Waals surface area (Å²) in [6.45, 7) is 4.59. The van der Waals surface area contributed by atoms with Crippen molar-refractivity contribution in [1.29, 1.82) is 0 Å². The predicted octanol–water partition coefficient (Wildman–Crippen LogP) is 5.10. The van der Waals surface area contributed by atoms with Crippen LogP contribution in [0.1, 0.15) is 19.4 Å². The molecule has 5 nitrogen and oxygen atoms in total. The van der Waals surface area contributed by atoms with E-state index in [2.05, 4.69) is 10.3 Å². The van der Waals surface area contributed by atoms with Gasteiger partial charge in [0.25, 0.3) is 0 Å². The summed E-state index contributed by atoms with van der Waals surface area (Å²) in [4.78, 5) is 9.30. The summed E-state index contributed by atoms with van der Waals surface area (Å²) in [5, 5.41) is 4.38. The molecule has 2 heterocycles. The number of nitrogens with one attached hydrogen (secondary N) is 1. The number of benzene rings is 2. The van der Waals surface area contributed by atoms with Crippen LogP contribution in [0, 0.1) is 0 Å². The molecule has 0 atom stereocenters. The third-order valence-corrected chi connectivity index (χ3v) is 4.31. The number of nitrogens with two attached hydrogens (primary N) is 2. The second-order valence-corrected chi connectivity index (χ2v) is 6.10. The minimum absolute atomic E-state index is 0.592. The van der Waals surface area contributed by atoms with Gasteiger partial charge in [0, 0.05) is 35.1 Å². The van der Waals surface area contributed by atoms with E-state index in [1.54, 1.807) is 6.20 Å². The van der Waals surface area contributed by atoms with E-state index in [-0.39, 0.29) is 0 Å². The van der Waals surface area contributed by atoms with Crippen LogP contribution in [0.15, 0.2) is 72.9 Å². The third kappa shape index (κ3) is 4.20. The van der Waals surface area contributed by atoms with E-state index in [0.717, 1.165) is 44.9 Å². The van der Waals surface area contributed by atoms with Gasteiger partial charge in [-0.1, -0.05) is 44.2 Å². The van der Waals surface area contributed by atoms with Gasteiger partial charge in [0.1, 0.15) is 5.82 Å². The third-order valence-electron chi connectivity index (χ3n) is 4.31. The average molecular weight is 371 g/mol. The number of rotatable bonds is 4. The molecule has 4 aromatic rings. The first kappa shape index (κ1) is 19.2. The molecule has 5 heteroatoms. The Morgan fingerprint density at radius 2 is 1.64 bits per heavy atom. The lowest BCUT2D eigenvalue weighted by atomic mass is 10.1. The summed E-state index contributed by atoms with van der Waals surface area (Å²) >= 11 is 0. The van der Waals surface area contributed by atoms with Gasteiger partial charge in [-0.3, -0.25) is 4.98 Å². The van der Waals surface area contributed by atoms with Crippen LogP contribution >= 0.6 is 0 Å². The second kappa shape index (κ2) is 8.86. The van der Waals surface area contributed by atoms with Crippen LogP contribution in [-0.4, -0.2) is 9.97 Å². The second-order valence-electron chi connectivity index (χ2n) is 6.10. The van der Waals surface area contributed by atoms with E-state index in [9.17, 15) is 0 Å². The Bertz CT molecular complexity index is 1060. The van der Waals surface area contributed by atoms with Gasteiger partial charge < -0.3 is 16.8 Å². The molecule has 5 N–H and O–H groups in total. The topological polar surface area (TPSA) is 89.8 Å². The molecular weight excluding hydrogens is 346 g/mol. The zero-order valence-electron chi connectivity index (χ0n) is 16.2. The van der Waals surface area contributed by atoms with Crippen LogP contribution in [0.5, 0.6) is 0 Å². The largest absolute Gasteiger partial charge is 0.399 e. The molecule has 142 valence electrons. The van der Waals surface area contributed by atoms with E-state index in [0.29, 0.717) is 6.54 Å². The maximum atomic E-state index is 6.05. The van der Waals surface area contributed by atoms with Gasteiger partial charge in [-0.05, 0) is 42.0 Å². The number of nitrogens with zero attached hydrogens (tertiary/aromatic N) is 2. The van der Waals surface area contributed by atoms with Crippen molar-refractivity contribution in [2.75, 3.05) is 16.8 Å². The average Bonchev–Trinajstić information content (AvgIpc) is 2.75. The Balaban J connectivity index is 0.00000109. The number of fused-ring (bicyclic) bond motifs is 1. The first-order chi connectivity index (χ1) is 13.7. The van der Waals surface area contributed by atoms with E-state index in [1.165, 1.54) is 0 Å². The number of aromatic nitrogens is 2. The number of anilines is 3. The lowest BCUT2D eigenvalue weighted by molar-refractivity contribution is 1.12. The first-order valence-electron chi connectivity index (χ1n) is 9.39. The van der Waals surface area contributed by atoms with Crippen LogP contribution in [0.25, 0.3) is 22.2 Å². The van der Waals surface area contributed by atoms with E-state index in [4.69, 9.17) is 16.5 Å². The van der Waals surface area contributed by atoms with E-state index < -0.39 is 0 Å². The summed E-state index contributed by atoms with van der Waals surface area (Å²) < 4.78 is 0. The zero-order valence-corrected chi connectivity index (χ0v) is 16.2. The SMILES string of the molecule is CC.Nc1ccc(-c2cc3ncccc3c(NCc3ccccc3N)n2)cc1. The fourth-order valence-electron chi connectivity index (χ4n) is 2.89. The molecule has 0 aliphatic carbocycles. The smallest absolute Gasteiger partial charge is 0.136 e. The predicted molar refractivity (Wildman–Crippen MR) is 119 cm³/mol. The Hall–Kier alpha value is -3.60. The molecule has 2 aromatic carbocycles. The van der Waals surface area contributed by atoms with Crippen molar-refractivity contribution in [2.45, 2.75) is 20.4 Å². The normalized spacial score (nSPS) is 10.2. The van der Waals surface area contributed by atoms with Gasteiger partial charge in [-0.25, -0.2) is 4.98 Å². The molecule has 0 saturated carbocycles. The molecule has 0 spiro atoms. The van der Waals surface area contributed by atoms with Crippen molar-refractivity contribution in [2.24, 2.45) is 0 Å². The highest BCUT2D eigenvalue weighted by Crippen LogP contribution is 2.27. The lowest BCUT2D eigenvalue weighted by Crippen LogP contribution is -2.05. The minimum Gasteiger partial charge on any atom is -0.399 e. The Labute approximate surface area is 165 Å². The van der Waals surface area contributed by atoms with Gasteiger partial charge in [-0.15, -0.1) is 0 Å². The molecule has 0 saturated heterocycles. The van der Waals surface area contributed by atoms with Crippen molar-refractivity contribution in [3.8, 4) is 11.3 Å². The maximum absolute atomic E-state index is 6.05. The maximum Gasteiger partial charge on any atom is 0.136 e. The Morgan fingerprint density at radius 3 is 2.39 bits per heavy atom. The monoisotopic (exact) mass is 371 g/mol. The molecule has 0 fully saturated rings. The van der Waals surface area contributed by atoms with Gasteiger partial charge in [0.2, 0.25) is 0 Å². The van der Waals surface area contributed by atoms with Crippen molar-refractivity contribution in [3.05, 3.63) is 78.5 Å². The number of hydrogen-bond acceptors (Lipinski definition) is 5. The van der Waals surface area contributed by atoms with Crippen molar-refractivity contribution in [3.63, 3.8) is 0 Å². The summed E-state index contributed by atoms with van der Waals surface area (Å²) in [7, 11) is 0. The summed E-state index contributed by atoms with van der Waals surface area (Å²) in [5.41, 5.74) is 17.1. The highest BCUT2D eigenvalue weighted by molar-refractivity contribution is 5.92. The number of nitrogen functional groups attached to an aromatic ring is 2. The van der Waals surface area contributed by atoms with Gasteiger partial charge in [-0.2, -0.15) is 0 Å². The molecule has 4 rings (SSSR count). The van der Waals surface area contributed by atoms with Gasteiger partial charge in [0.05, 0.1) is 11.2 Å². The highest BCUT2D eigenvalue weighted by Gasteiger charge is 2.09. The lowest BCUT2D eigenvalue weighted by Gasteiger charge is -2.12. The van der Waals surface area contributed by atoms with E-state index in [1.807, 2.05) is 80.6 Å². The highest BCUT2D eigenvalue weighted by atomic mass is 15.0. The molecule has 0 aliphatic heterocycles. The fraction of sp³-hybridized carbons (Fsp3) is 0.130. The van der Waals surface area contributed by atoms with Gasteiger partial charge >= 0.3 is 0 Å². The van der Waals surface area contributed by atoms with Gasteiger partial charge in [0.15, 0.2) is 0 Å². The van der Waals surface area contributed by atoms with Crippen molar-refractivity contribution in [1.82, 2.24) is 9.97 Å². The molecule has 0 aliphatic rings. The molecule has 0 unspecified atom stereocenters. The Kier molecular flexibility index (Phi) is 6.07. The van der Waals surface area contributed by atoms with Crippen LogP contribution in [0.2, 0.25) is 0 Å². The van der Waals surface area contributed by atoms with Crippen LogP contribution in [0.4, 0.5) is 17.2 Å². The summed E-state index contributed by atoms with van der Waals surface area (Å²) in [6.07, 6.45) is 1.79. The summed E-state index contributed by atoms with van der Waals surface area (Å²) in [5.74, 6) is 0.783. The number of hydrogen-bond donors (Lipinski definition) is 3. The quantitative estimate of drug-likeness (QED) is 0.434. The fourth-order valence-corrected chi connectivity index (χ4v) is 2.89. The van der Waals surface area contributed by atoms with Crippen LogP contribution < -0.4 is 16.8 Å². The number of para-hydroxylation sites is 1. The first-order valence-corrected chi connectivity index (χ1v) is 9.39. The molecule has 0 amide bonds. The van der Waals surface area contributed by atoms with Crippen molar-refractivity contribution < 1.29 is 0 Å². The zero-order chi connectivity index (χ0) is 19.9. The standard InChI is InChI=1S/C21H19N5.C2H6/c22-16-9-7-14(8-10-16)19-12-20-17(5-3-11-24-20)21(26-19)25-13-15-4-1-2-6-18(15)23;1-2/h1-12H,13,22-23H2,(H,25,26);1-2H3. The van der Waals surface area contributed by atoms with Crippen molar-refractivity contribution >= 4 is 28.1 Å². The minimum atomic E-state index is 0.592. The molecule has 0 bridgehead atoms. The van der Waals surface area contributed by atoms with Crippen LogP contribution in [0.3, 0.4) is 0 Å². The summed E-state index contributed by atoms with van der Waals surface area (Å²) in [6, 6.07) is 21.4. The number of pyridine rings is 2. The molecule has 0 radical (unpaired) electrons. The van der Waals surface area contributed by atoms with E-state index >= 15 is 0 Å². The molecule has 28 heavy (non-hydrogen) atoms. The Morgan fingerprint density at radius 1 is 0.893 bits per heavy atom. The van der Waals surface area contributed by atoms with Crippen LogP contribution in [-0.2, 0) is 6.54 Å². The molecule has 2 aromatic heterocycles. The molecular formula is C23H25N5.